The van der Waals surface area contributed by atoms with E-state index >= 15 is 0 Å². The number of carboxylic acids is 1. The van der Waals surface area contributed by atoms with Gasteiger partial charge in [0.05, 0.1) is 0 Å². The van der Waals surface area contributed by atoms with Crippen LogP contribution in [0.5, 0.6) is 0 Å². The van der Waals surface area contributed by atoms with Crippen molar-refractivity contribution in [1.29, 1.82) is 0 Å². The second kappa shape index (κ2) is 5.82. The van der Waals surface area contributed by atoms with Crippen LogP contribution in [0.3, 0.4) is 0 Å². The predicted octanol–water partition coefficient (Wildman–Crippen LogP) is 2.11. The number of hydrogen-bond donors (Lipinski definition) is 2. The van der Waals surface area contributed by atoms with Crippen molar-refractivity contribution in [2.75, 3.05) is 0 Å². The summed E-state index contributed by atoms with van der Waals surface area (Å²) in [5.74, 6) is -1.18. The van der Waals surface area contributed by atoms with Crippen LogP contribution in [0.4, 0.5) is 0 Å². The van der Waals surface area contributed by atoms with Gasteiger partial charge >= 0.3 is 5.97 Å². The molecule has 0 saturated heterocycles. The molecular formula is C12H15ClN2O3. The van der Waals surface area contributed by atoms with E-state index in [0.29, 0.717) is 12.0 Å². The van der Waals surface area contributed by atoms with Gasteiger partial charge in [0, 0.05) is 23.7 Å². The van der Waals surface area contributed by atoms with Crippen molar-refractivity contribution < 1.29 is 14.7 Å². The summed E-state index contributed by atoms with van der Waals surface area (Å²) in [5.41, 5.74) is -0.191. The Morgan fingerprint density at radius 1 is 1.50 bits per heavy atom. The van der Waals surface area contributed by atoms with E-state index in [1.54, 1.807) is 19.9 Å². The molecule has 1 heterocycles. The fourth-order valence-corrected chi connectivity index (χ4v) is 1.58. The zero-order valence-corrected chi connectivity index (χ0v) is 11.0. The number of nitrogens with zero attached hydrogens (tertiary/aromatic N) is 1. The quantitative estimate of drug-likeness (QED) is 0.803. The van der Waals surface area contributed by atoms with E-state index in [1.165, 1.54) is 12.3 Å². The Bertz CT molecular complexity index is 460. The van der Waals surface area contributed by atoms with Gasteiger partial charge in [0.1, 0.15) is 5.15 Å². The minimum atomic E-state index is -0.885. The van der Waals surface area contributed by atoms with Crippen LogP contribution in [0.15, 0.2) is 18.3 Å². The SMILES string of the molecule is CC(C)(CCC(=O)O)NC(=O)c1ccnc(Cl)c1. The Morgan fingerprint density at radius 2 is 2.17 bits per heavy atom. The number of carbonyl (C=O) groups excluding carboxylic acids is 1. The number of pyridine rings is 1. The molecule has 0 radical (unpaired) electrons. The maximum atomic E-state index is 11.9. The summed E-state index contributed by atoms with van der Waals surface area (Å²) in [5, 5.41) is 11.6. The van der Waals surface area contributed by atoms with Crippen LogP contribution >= 0.6 is 11.6 Å². The van der Waals surface area contributed by atoms with Crippen LogP contribution in [0.1, 0.15) is 37.0 Å². The molecule has 18 heavy (non-hydrogen) atoms. The van der Waals surface area contributed by atoms with Crippen LogP contribution < -0.4 is 5.32 Å². The topological polar surface area (TPSA) is 79.3 Å². The molecule has 0 aromatic carbocycles. The third-order valence-corrected chi connectivity index (χ3v) is 2.61. The lowest BCUT2D eigenvalue weighted by Gasteiger charge is -2.25. The Labute approximate surface area is 110 Å². The fraction of sp³-hybridized carbons (Fsp3) is 0.417. The van der Waals surface area contributed by atoms with Crippen molar-refractivity contribution >= 4 is 23.5 Å². The number of aromatic nitrogens is 1. The maximum Gasteiger partial charge on any atom is 0.303 e. The van der Waals surface area contributed by atoms with E-state index in [0.717, 1.165) is 0 Å². The van der Waals surface area contributed by atoms with Gasteiger partial charge in [0.25, 0.3) is 5.91 Å². The molecule has 1 amide bonds. The molecule has 1 aromatic rings. The van der Waals surface area contributed by atoms with Gasteiger partial charge in [-0.1, -0.05) is 11.6 Å². The standard InChI is InChI=1S/C12H15ClN2O3/c1-12(2,5-3-10(16)17)15-11(18)8-4-6-14-9(13)7-8/h4,6-7H,3,5H2,1-2H3,(H,15,18)(H,16,17). The first-order valence-electron chi connectivity index (χ1n) is 5.46. The number of aliphatic carboxylic acids is 1. The molecule has 98 valence electrons. The van der Waals surface area contributed by atoms with Gasteiger partial charge in [0.15, 0.2) is 0 Å². The summed E-state index contributed by atoms with van der Waals surface area (Å²) in [6.45, 7) is 3.55. The van der Waals surface area contributed by atoms with Crippen LogP contribution in [-0.2, 0) is 4.79 Å². The van der Waals surface area contributed by atoms with Crippen molar-refractivity contribution in [3.05, 3.63) is 29.0 Å². The van der Waals surface area contributed by atoms with Gasteiger partial charge in [-0.3, -0.25) is 9.59 Å². The number of hydrogen-bond acceptors (Lipinski definition) is 3. The molecule has 5 nitrogen and oxygen atoms in total. The van der Waals surface area contributed by atoms with Gasteiger partial charge in [-0.2, -0.15) is 0 Å². The van der Waals surface area contributed by atoms with Gasteiger partial charge in [-0.15, -0.1) is 0 Å². The summed E-state index contributed by atoms with van der Waals surface area (Å²) in [6.07, 6.45) is 1.80. The number of amides is 1. The fourth-order valence-electron chi connectivity index (χ4n) is 1.41. The summed E-state index contributed by atoms with van der Waals surface area (Å²) in [4.78, 5) is 26.2. The average Bonchev–Trinajstić information content (AvgIpc) is 2.26. The highest BCUT2D eigenvalue weighted by Crippen LogP contribution is 2.13. The Hall–Kier alpha value is -1.62. The zero-order chi connectivity index (χ0) is 13.8. The summed E-state index contributed by atoms with van der Waals surface area (Å²) < 4.78 is 0. The molecule has 0 fully saturated rings. The highest BCUT2D eigenvalue weighted by molar-refractivity contribution is 6.29. The molecule has 2 N–H and O–H groups in total. The summed E-state index contributed by atoms with van der Waals surface area (Å²) in [7, 11) is 0. The molecule has 0 spiro atoms. The molecule has 0 aliphatic carbocycles. The molecule has 1 rings (SSSR count). The summed E-state index contributed by atoms with van der Waals surface area (Å²) >= 11 is 5.69. The molecule has 0 unspecified atom stereocenters. The van der Waals surface area contributed by atoms with E-state index in [-0.39, 0.29) is 17.5 Å². The molecule has 0 bridgehead atoms. The van der Waals surface area contributed by atoms with E-state index < -0.39 is 11.5 Å². The van der Waals surface area contributed by atoms with Crippen LogP contribution in [0.25, 0.3) is 0 Å². The lowest BCUT2D eigenvalue weighted by Crippen LogP contribution is -2.43. The van der Waals surface area contributed by atoms with Crippen molar-refractivity contribution in [1.82, 2.24) is 10.3 Å². The Balaban J connectivity index is 2.66. The molecule has 1 aromatic heterocycles. The molecule has 6 heteroatoms. The van der Waals surface area contributed by atoms with Crippen molar-refractivity contribution in [3.8, 4) is 0 Å². The highest BCUT2D eigenvalue weighted by atomic mass is 35.5. The monoisotopic (exact) mass is 270 g/mol. The first-order valence-corrected chi connectivity index (χ1v) is 5.84. The average molecular weight is 271 g/mol. The molecule has 0 aliphatic rings. The second-order valence-corrected chi connectivity index (χ2v) is 4.99. The third-order valence-electron chi connectivity index (χ3n) is 2.40. The normalized spacial score (nSPS) is 11.1. The van der Waals surface area contributed by atoms with Crippen LogP contribution in [-0.4, -0.2) is 27.5 Å². The lowest BCUT2D eigenvalue weighted by molar-refractivity contribution is -0.137. The highest BCUT2D eigenvalue weighted by Gasteiger charge is 2.22. The Kier molecular flexibility index (Phi) is 4.67. The number of carboxylic acid groups (broad SMARTS) is 1. The van der Waals surface area contributed by atoms with E-state index in [9.17, 15) is 9.59 Å². The van der Waals surface area contributed by atoms with Crippen molar-refractivity contribution in [2.45, 2.75) is 32.2 Å². The molecular weight excluding hydrogens is 256 g/mol. The zero-order valence-electron chi connectivity index (χ0n) is 10.2. The first-order chi connectivity index (χ1) is 8.30. The van der Waals surface area contributed by atoms with E-state index in [4.69, 9.17) is 16.7 Å². The van der Waals surface area contributed by atoms with E-state index in [1.807, 2.05) is 0 Å². The minimum Gasteiger partial charge on any atom is -0.481 e. The summed E-state index contributed by atoms with van der Waals surface area (Å²) in [6, 6.07) is 3.01. The van der Waals surface area contributed by atoms with Crippen molar-refractivity contribution in [3.63, 3.8) is 0 Å². The van der Waals surface area contributed by atoms with Crippen LogP contribution in [0, 0.1) is 0 Å². The van der Waals surface area contributed by atoms with Gasteiger partial charge in [0.2, 0.25) is 0 Å². The number of halogens is 1. The second-order valence-electron chi connectivity index (χ2n) is 4.60. The predicted molar refractivity (Wildman–Crippen MR) is 67.7 cm³/mol. The number of carbonyl (C=O) groups is 2. The smallest absolute Gasteiger partial charge is 0.303 e. The first kappa shape index (κ1) is 14.4. The molecule has 0 aliphatic heterocycles. The Morgan fingerprint density at radius 3 is 2.72 bits per heavy atom. The maximum absolute atomic E-state index is 11.9. The molecule has 0 atom stereocenters. The van der Waals surface area contributed by atoms with Gasteiger partial charge in [-0.05, 0) is 32.4 Å². The number of nitrogens with one attached hydrogen (secondary N) is 1. The van der Waals surface area contributed by atoms with Gasteiger partial charge < -0.3 is 10.4 Å². The third kappa shape index (κ3) is 4.71. The van der Waals surface area contributed by atoms with Gasteiger partial charge in [-0.25, -0.2) is 4.98 Å². The van der Waals surface area contributed by atoms with E-state index in [2.05, 4.69) is 10.3 Å². The molecule has 0 saturated carbocycles. The van der Waals surface area contributed by atoms with Crippen molar-refractivity contribution in [2.24, 2.45) is 0 Å². The lowest BCUT2D eigenvalue weighted by atomic mass is 9.98. The largest absolute Gasteiger partial charge is 0.481 e. The van der Waals surface area contributed by atoms with Crippen LogP contribution in [0.2, 0.25) is 5.15 Å². The minimum absolute atomic E-state index is 0.00435. The number of rotatable bonds is 5.